The second kappa shape index (κ2) is 5.65. The zero-order valence-electron chi connectivity index (χ0n) is 11.0. The third-order valence-corrected chi connectivity index (χ3v) is 2.85. The number of benzene rings is 1. The molecule has 19 heavy (non-hydrogen) atoms. The number of amides is 1. The van der Waals surface area contributed by atoms with Gasteiger partial charge in [-0.1, -0.05) is 6.92 Å². The summed E-state index contributed by atoms with van der Waals surface area (Å²) in [4.78, 5) is 26.8. The summed E-state index contributed by atoms with van der Waals surface area (Å²) in [6.07, 6.45) is 0.965. The van der Waals surface area contributed by atoms with Gasteiger partial charge in [0.05, 0.1) is 5.69 Å². The van der Waals surface area contributed by atoms with Gasteiger partial charge in [-0.2, -0.15) is 0 Å². The molecule has 1 N–H and O–H groups in total. The number of carbonyl (C=O) groups excluding carboxylic acids is 1. The molecule has 0 atom stereocenters. The van der Waals surface area contributed by atoms with Crippen molar-refractivity contribution in [2.24, 2.45) is 0 Å². The van der Waals surface area contributed by atoms with E-state index >= 15 is 0 Å². The summed E-state index contributed by atoms with van der Waals surface area (Å²) in [6, 6.07) is 4.66. The first-order valence-corrected chi connectivity index (χ1v) is 6.27. The number of fused-ring (bicyclic) bond motifs is 1. The van der Waals surface area contributed by atoms with Crippen LogP contribution in [0.15, 0.2) is 27.4 Å². The molecule has 0 aromatic carbocycles. The molecule has 1 amide bonds. The fourth-order valence-corrected chi connectivity index (χ4v) is 1.82. The Morgan fingerprint density at radius 2 is 2.21 bits per heavy atom. The van der Waals surface area contributed by atoms with Crippen molar-refractivity contribution in [2.75, 3.05) is 6.54 Å². The van der Waals surface area contributed by atoms with Gasteiger partial charge in [0.15, 0.2) is 11.3 Å². The molecular weight excluding hydrogens is 244 g/mol. The van der Waals surface area contributed by atoms with Gasteiger partial charge >= 0.3 is 0 Å². The zero-order valence-corrected chi connectivity index (χ0v) is 11.0. The lowest BCUT2D eigenvalue weighted by Gasteiger charge is -2.09. The second-order valence-electron chi connectivity index (χ2n) is 4.30. The van der Waals surface area contributed by atoms with Gasteiger partial charge in [-0.15, -0.1) is 0 Å². The van der Waals surface area contributed by atoms with Crippen LogP contribution >= 0.6 is 0 Å². The highest BCUT2D eigenvalue weighted by molar-refractivity contribution is 5.75. The van der Waals surface area contributed by atoms with Crippen molar-refractivity contribution in [1.82, 2.24) is 10.3 Å². The Hall–Kier alpha value is -2.17. The standard InChI is InChI=1S/C14H16N2O3/c1-3-13(18)15-7-6-14-16-9(2)11-5-4-10(17)8-12(11)19-14/h4-5,8H,3,6-7H2,1-2H3,(H,15,18). The van der Waals surface area contributed by atoms with Gasteiger partial charge < -0.3 is 9.73 Å². The van der Waals surface area contributed by atoms with Gasteiger partial charge in [0.2, 0.25) is 5.91 Å². The van der Waals surface area contributed by atoms with E-state index in [0.717, 1.165) is 11.3 Å². The first-order valence-electron chi connectivity index (χ1n) is 6.27. The van der Waals surface area contributed by atoms with Crippen LogP contribution in [0.3, 0.4) is 0 Å². The maximum atomic E-state index is 11.3. The molecule has 0 fully saturated rings. The molecule has 1 aliphatic carbocycles. The average molecular weight is 260 g/mol. The molecule has 0 saturated carbocycles. The highest BCUT2D eigenvalue weighted by Gasteiger charge is 2.11. The van der Waals surface area contributed by atoms with Crippen molar-refractivity contribution < 1.29 is 9.21 Å². The third-order valence-electron chi connectivity index (χ3n) is 2.85. The number of hydrogen-bond acceptors (Lipinski definition) is 4. The fraction of sp³-hybridized carbons (Fsp3) is 0.357. The Balaban J connectivity index is 2.18. The monoisotopic (exact) mass is 260 g/mol. The van der Waals surface area contributed by atoms with Crippen molar-refractivity contribution in [1.29, 1.82) is 0 Å². The maximum Gasteiger partial charge on any atom is 0.219 e. The van der Waals surface area contributed by atoms with Crippen LogP contribution in [0.25, 0.3) is 11.3 Å². The van der Waals surface area contributed by atoms with Crippen molar-refractivity contribution in [2.45, 2.75) is 26.7 Å². The minimum Gasteiger partial charge on any atom is -0.442 e. The van der Waals surface area contributed by atoms with Gasteiger partial charge in [-0.3, -0.25) is 9.59 Å². The highest BCUT2D eigenvalue weighted by Crippen LogP contribution is 2.23. The van der Waals surface area contributed by atoms with Gasteiger partial charge in [0.1, 0.15) is 5.76 Å². The van der Waals surface area contributed by atoms with E-state index in [1.54, 1.807) is 13.0 Å². The molecule has 100 valence electrons. The third kappa shape index (κ3) is 3.19. The smallest absolute Gasteiger partial charge is 0.219 e. The number of aryl methyl sites for hydroxylation is 1. The number of nitrogens with one attached hydrogen (secondary N) is 1. The molecule has 5 heteroatoms. The number of aromatic nitrogens is 1. The minimum atomic E-state index is -0.0907. The predicted molar refractivity (Wildman–Crippen MR) is 71.1 cm³/mol. The molecule has 0 bridgehead atoms. The van der Waals surface area contributed by atoms with Gasteiger partial charge in [0.25, 0.3) is 0 Å². The van der Waals surface area contributed by atoms with Crippen LogP contribution in [0.5, 0.6) is 0 Å². The highest BCUT2D eigenvalue weighted by atomic mass is 16.3. The first kappa shape index (κ1) is 13.3. The quantitative estimate of drug-likeness (QED) is 0.904. The van der Waals surface area contributed by atoms with E-state index in [1.165, 1.54) is 12.1 Å². The summed E-state index contributed by atoms with van der Waals surface area (Å²) in [5, 5.41) is 2.76. The van der Waals surface area contributed by atoms with Crippen molar-refractivity contribution >= 4 is 5.91 Å². The van der Waals surface area contributed by atoms with Gasteiger partial charge in [-0.25, -0.2) is 4.98 Å². The number of carbonyl (C=O) groups is 1. The van der Waals surface area contributed by atoms with Crippen LogP contribution in [0.2, 0.25) is 0 Å². The average Bonchev–Trinajstić information content (AvgIpc) is 2.38. The molecule has 0 radical (unpaired) electrons. The molecule has 1 heterocycles. The van der Waals surface area contributed by atoms with Crippen LogP contribution in [-0.2, 0) is 11.2 Å². The van der Waals surface area contributed by atoms with Crippen LogP contribution in [0.4, 0.5) is 0 Å². The lowest BCUT2D eigenvalue weighted by atomic mass is 10.1. The van der Waals surface area contributed by atoms with Crippen LogP contribution < -0.4 is 10.7 Å². The van der Waals surface area contributed by atoms with Crippen molar-refractivity contribution in [3.05, 3.63) is 40.0 Å². The number of hydrogen-bond donors (Lipinski definition) is 1. The largest absolute Gasteiger partial charge is 0.442 e. The summed E-state index contributed by atoms with van der Waals surface area (Å²) in [7, 11) is 0. The molecule has 2 rings (SSSR count). The Bertz CT molecular complexity index is 619. The zero-order chi connectivity index (χ0) is 13.8. The number of nitrogens with zero attached hydrogens (tertiary/aromatic N) is 1. The Morgan fingerprint density at radius 1 is 1.42 bits per heavy atom. The minimum absolute atomic E-state index is 0.000597. The van der Waals surface area contributed by atoms with E-state index < -0.39 is 0 Å². The lowest BCUT2D eigenvalue weighted by molar-refractivity contribution is -0.120. The fourth-order valence-electron chi connectivity index (χ4n) is 1.82. The first-order chi connectivity index (χ1) is 9.10. The molecular formula is C14H16N2O3. The van der Waals surface area contributed by atoms with E-state index in [4.69, 9.17) is 4.42 Å². The van der Waals surface area contributed by atoms with E-state index in [1.807, 2.05) is 6.92 Å². The van der Waals surface area contributed by atoms with E-state index in [9.17, 15) is 9.59 Å². The molecule has 5 nitrogen and oxygen atoms in total. The Kier molecular flexibility index (Phi) is 3.94. The second-order valence-corrected chi connectivity index (χ2v) is 4.30. The van der Waals surface area contributed by atoms with Gasteiger partial charge in [-0.05, 0) is 19.1 Å². The van der Waals surface area contributed by atoms with Gasteiger partial charge in [0, 0.05) is 31.0 Å². The van der Waals surface area contributed by atoms with E-state index in [0.29, 0.717) is 31.0 Å². The summed E-state index contributed by atoms with van der Waals surface area (Å²) < 4.78 is 5.58. The SMILES string of the molecule is CCC(=O)NCCc1nc(C)c2ccc(=O)cc-2o1. The maximum absolute atomic E-state index is 11.3. The topological polar surface area (TPSA) is 72.2 Å². The lowest BCUT2D eigenvalue weighted by Crippen LogP contribution is -2.24. The van der Waals surface area contributed by atoms with Crippen LogP contribution in [0.1, 0.15) is 24.9 Å². The molecule has 2 aliphatic rings. The van der Waals surface area contributed by atoms with Crippen molar-refractivity contribution in [3.8, 4) is 11.3 Å². The summed E-state index contributed by atoms with van der Waals surface area (Å²) in [5.41, 5.74) is 1.56. The number of rotatable bonds is 4. The molecule has 0 unspecified atom stereocenters. The normalized spacial score (nSPS) is 10.6. The van der Waals surface area contributed by atoms with E-state index in [2.05, 4.69) is 10.3 Å². The van der Waals surface area contributed by atoms with E-state index in [-0.39, 0.29) is 11.3 Å². The molecule has 0 spiro atoms. The van der Waals surface area contributed by atoms with Crippen molar-refractivity contribution in [3.63, 3.8) is 0 Å². The van der Waals surface area contributed by atoms with Crippen LogP contribution in [-0.4, -0.2) is 17.4 Å². The molecule has 1 aliphatic heterocycles. The predicted octanol–water partition coefficient (Wildman–Crippen LogP) is 1.52. The van der Waals surface area contributed by atoms with Crippen LogP contribution in [0, 0.1) is 6.92 Å². The Labute approximate surface area is 111 Å². The summed E-state index contributed by atoms with van der Waals surface area (Å²) >= 11 is 0. The molecule has 0 aromatic rings. The summed E-state index contributed by atoms with van der Waals surface area (Å²) in [5.74, 6) is 1.06. The summed E-state index contributed by atoms with van der Waals surface area (Å²) in [6.45, 7) is 4.15. The molecule has 0 saturated heterocycles. The Morgan fingerprint density at radius 3 is 2.95 bits per heavy atom. The molecule has 0 aromatic heterocycles.